The third-order valence-electron chi connectivity index (χ3n) is 2.04. The molecule has 3 nitrogen and oxygen atoms in total. The van der Waals surface area contributed by atoms with Gasteiger partial charge < -0.3 is 5.32 Å². The van der Waals surface area contributed by atoms with Crippen LogP contribution in [0.3, 0.4) is 0 Å². The van der Waals surface area contributed by atoms with E-state index in [4.69, 9.17) is 0 Å². The van der Waals surface area contributed by atoms with Gasteiger partial charge >= 0.3 is 0 Å². The lowest BCUT2D eigenvalue weighted by molar-refractivity contribution is 0.593. The molecule has 0 saturated heterocycles. The summed E-state index contributed by atoms with van der Waals surface area (Å²) in [6, 6.07) is 6.99. The smallest absolute Gasteiger partial charge is 0.179 e. The van der Waals surface area contributed by atoms with Gasteiger partial charge in [0.15, 0.2) is 9.84 Å². The molecule has 0 aromatic heterocycles. The number of nitrogens with one attached hydrogen (secondary N) is 1. The highest BCUT2D eigenvalue weighted by Gasteiger charge is 2.12. The summed E-state index contributed by atoms with van der Waals surface area (Å²) < 4.78 is 23.5. The molecule has 0 spiro atoms. The molecule has 0 unspecified atom stereocenters. The molecule has 0 amide bonds. The van der Waals surface area contributed by atoms with Crippen molar-refractivity contribution in [1.29, 1.82) is 0 Å². The standard InChI is InChI=1S/C10H15NO2S2/c1-11-7-8-15(12,13)10-5-3-9(14-2)4-6-10/h3-6,11H,7-8H2,1-2H3. The van der Waals surface area contributed by atoms with Crippen LogP contribution in [0.1, 0.15) is 0 Å². The van der Waals surface area contributed by atoms with Crippen LogP contribution in [0.2, 0.25) is 0 Å². The van der Waals surface area contributed by atoms with E-state index in [-0.39, 0.29) is 5.75 Å². The minimum absolute atomic E-state index is 0.141. The molecule has 0 fully saturated rings. The number of rotatable bonds is 5. The largest absolute Gasteiger partial charge is 0.319 e. The SMILES string of the molecule is CNCCS(=O)(=O)c1ccc(SC)cc1. The quantitative estimate of drug-likeness (QED) is 0.797. The van der Waals surface area contributed by atoms with Gasteiger partial charge in [0.2, 0.25) is 0 Å². The van der Waals surface area contributed by atoms with Crippen molar-refractivity contribution in [2.45, 2.75) is 9.79 Å². The number of hydrogen-bond donors (Lipinski definition) is 1. The van der Waals surface area contributed by atoms with Crippen molar-refractivity contribution < 1.29 is 8.42 Å². The minimum Gasteiger partial charge on any atom is -0.319 e. The monoisotopic (exact) mass is 245 g/mol. The van der Waals surface area contributed by atoms with E-state index in [1.165, 1.54) is 0 Å². The van der Waals surface area contributed by atoms with Gasteiger partial charge in [0.25, 0.3) is 0 Å². The van der Waals surface area contributed by atoms with Gasteiger partial charge in [-0.05, 0) is 37.6 Å². The van der Waals surface area contributed by atoms with Crippen molar-refractivity contribution >= 4 is 21.6 Å². The number of benzene rings is 1. The predicted octanol–water partition coefficient (Wildman–Crippen LogP) is 1.40. The summed E-state index contributed by atoms with van der Waals surface area (Å²) in [6.45, 7) is 0.479. The maximum Gasteiger partial charge on any atom is 0.179 e. The lowest BCUT2D eigenvalue weighted by Gasteiger charge is -2.04. The van der Waals surface area contributed by atoms with Crippen molar-refractivity contribution in [1.82, 2.24) is 5.32 Å². The first-order valence-corrected chi connectivity index (χ1v) is 7.49. The van der Waals surface area contributed by atoms with E-state index in [9.17, 15) is 8.42 Å². The fraction of sp³-hybridized carbons (Fsp3) is 0.400. The Bertz CT molecular complexity index is 398. The van der Waals surface area contributed by atoms with Gasteiger partial charge in [0, 0.05) is 11.4 Å². The summed E-state index contributed by atoms with van der Waals surface area (Å²) in [5, 5.41) is 2.83. The number of thioether (sulfide) groups is 1. The molecule has 1 rings (SSSR count). The van der Waals surface area contributed by atoms with Gasteiger partial charge in [-0.25, -0.2) is 8.42 Å². The normalized spacial score (nSPS) is 11.6. The summed E-state index contributed by atoms with van der Waals surface area (Å²) in [4.78, 5) is 1.47. The van der Waals surface area contributed by atoms with Gasteiger partial charge in [-0.1, -0.05) is 0 Å². The third kappa shape index (κ3) is 3.52. The van der Waals surface area contributed by atoms with Crippen molar-refractivity contribution in [3.05, 3.63) is 24.3 Å². The molecule has 1 N–H and O–H groups in total. The lowest BCUT2D eigenvalue weighted by Crippen LogP contribution is -2.19. The molecule has 84 valence electrons. The van der Waals surface area contributed by atoms with Gasteiger partial charge in [0.05, 0.1) is 10.6 Å². The molecule has 15 heavy (non-hydrogen) atoms. The molecule has 1 aromatic carbocycles. The summed E-state index contributed by atoms with van der Waals surface area (Å²) >= 11 is 1.60. The highest BCUT2D eigenvalue weighted by molar-refractivity contribution is 7.98. The van der Waals surface area contributed by atoms with Gasteiger partial charge in [0.1, 0.15) is 0 Å². The van der Waals surface area contributed by atoms with Gasteiger partial charge in [-0.3, -0.25) is 0 Å². The molecule has 0 atom stereocenters. The molecular weight excluding hydrogens is 230 g/mol. The van der Waals surface area contributed by atoms with E-state index in [1.807, 2.05) is 18.4 Å². The average Bonchev–Trinajstić information content (AvgIpc) is 2.26. The van der Waals surface area contributed by atoms with E-state index in [0.717, 1.165) is 4.90 Å². The molecular formula is C10H15NO2S2. The second-order valence-electron chi connectivity index (χ2n) is 3.10. The molecule has 0 aliphatic rings. The predicted molar refractivity (Wildman–Crippen MR) is 64.2 cm³/mol. The fourth-order valence-electron chi connectivity index (χ4n) is 1.14. The molecule has 0 aliphatic heterocycles. The van der Waals surface area contributed by atoms with E-state index in [2.05, 4.69) is 5.32 Å². The van der Waals surface area contributed by atoms with Crippen LogP contribution in [0.25, 0.3) is 0 Å². The Morgan fingerprint density at radius 1 is 1.27 bits per heavy atom. The van der Waals surface area contributed by atoms with Crippen molar-refractivity contribution in [2.24, 2.45) is 0 Å². The van der Waals surface area contributed by atoms with Gasteiger partial charge in [-0.2, -0.15) is 0 Å². The maximum absolute atomic E-state index is 11.7. The minimum atomic E-state index is -3.12. The van der Waals surface area contributed by atoms with Crippen LogP contribution < -0.4 is 5.32 Å². The van der Waals surface area contributed by atoms with Crippen LogP contribution in [-0.2, 0) is 9.84 Å². The molecule has 0 heterocycles. The molecule has 5 heteroatoms. The van der Waals surface area contributed by atoms with Crippen LogP contribution in [0.5, 0.6) is 0 Å². The third-order valence-corrected chi connectivity index (χ3v) is 4.51. The first kappa shape index (κ1) is 12.5. The average molecular weight is 245 g/mol. The summed E-state index contributed by atoms with van der Waals surface area (Å²) in [5.41, 5.74) is 0. The van der Waals surface area contributed by atoms with Crippen LogP contribution in [0, 0.1) is 0 Å². The Kier molecular flexibility index (Phi) is 4.63. The van der Waals surface area contributed by atoms with Crippen LogP contribution >= 0.6 is 11.8 Å². The topological polar surface area (TPSA) is 46.2 Å². The molecule has 0 radical (unpaired) electrons. The highest BCUT2D eigenvalue weighted by Crippen LogP contribution is 2.18. The zero-order valence-electron chi connectivity index (χ0n) is 8.86. The maximum atomic E-state index is 11.7. The van der Waals surface area contributed by atoms with Crippen molar-refractivity contribution in [2.75, 3.05) is 25.6 Å². The van der Waals surface area contributed by atoms with Crippen LogP contribution in [0.15, 0.2) is 34.1 Å². The van der Waals surface area contributed by atoms with E-state index < -0.39 is 9.84 Å². The summed E-state index contributed by atoms with van der Waals surface area (Å²) in [5.74, 6) is 0.141. The first-order valence-electron chi connectivity index (χ1n) is 4.61. The Labute approximate surface area is 95.2 Å². The first-order chi connectivity index (χ1) is 7.10. The van der Waals surface area contributed by atoms with Crippen LogP contribution in [0.4, 0.5) is 0 Å². The lowest BCUT2D eigenvalue weighted by atomic mass is 10.4. The summed E-state index contributed by atoms with van der Waals surface area (Å²) in [6.07, 6.45) is 1.96. The molecule has 0 saturated carbocycles. The molecule has 0 aliphatic carbocycles. The molecule has 0 bridgehead atoms. The van der Waals surface area contributed by atoms with E-state index >= 15 is 0 Å². The van der Waals surface area contributed by atoms with E-state index in [0.29, 0.717) is 11.4 Å². The van der Waals surface area contributed by atoms with Gasteiger partial charge in [-0.15, -0.1) is 11.8 Å². The number of hydrogen-bond acceptors (Lipinski definition) is 4. The zero-order chi connectivity index (χ0) is 11.3. The van der Waals surface area contributed by atoms with Crippen molar-refractivity contribution in [3.8, 4) is 0 Å². The second kappa shape index (κ2) is 5.53. The van der Waals surface area contributed by atoms with Crippen molar-refractivity contribution in [3.63, 3.8) is 0 Å². The Morgan fingerprint density at radius 3 is 2.33 bits per heavy atom. The zero-order valence-corrected chi connectivity index (χ0v) is 10.5. The number of sulfone groups is 1. The highest BCUT2D eigenvalue weighted by atomic mass is 32.2. The van der Waals surface area contributed by atoms with Crippen LogP contribution in [-0.4, -0.2) is 34.0 Å². The fourth-order valence-corrected chi connectivity index (χ4v) is 2.80. The molecule has 1 aromatic rings. The Hall–Kier alpha value is -0.520. The Balaban J connectivity index is 2.86. The second-order valence-corrected chi connectivity index (χ2v) is 6.09. The summed E-state index contributed by atoms with van der Waals surface area (Å²) in [7, 11) is -1.38. The Morgan fingerprint density at radius 2 is 1.87 bits per heavy atom. The van der Waals surface area contributed by atoms with E-state index in [1.54, 1.807) is 30.9 Å².